The molecule has 2 aliphatic rings. The average molecular weight is 571 g/mol. The molecule has 0 saturated carbocycles. The van der Waals surface area contributed by atoms with Gasteiger partial charge in [-0.1, -0.05) is 91.0 Å². The van der Waals surface area contributed by atoms with E-state index in [1.54, 1.807) is 4.90 Å². The fourth-order valence-electron chi connectivity index (χ4n) is 6.11. The van der Waals surface area contributed by atoms with Crippen molar-refractivity contribution in [3.8, 4) is 0 Å². The van der Waals surface area contributed by atoms with Crippen molar-refractivity contribution in [2.75, 3.05) is 13.7 Å². The predicted octanol–water partition coefficient (Wildman–Crippen LogP) is 3.35. The van der Waals surface area contributed by atoms with Crippen LogP contribution in [-0.2, 0) is 20.8 Å². The van der Waals surface area contributed by atoms with Gasteiger partial charge in [-0.25, -0.2) is 0 Å². The zero-order chi connectivity index (χ0) is 29.9. The van der Waals surface area contributed by atoms with Crippen LogP contribution in [0.4, 0.5) is 0 Å². The number of carbonyl (C=O) groups excluding carboxylic acids is 3. The quantitative estimate of drug-likeness (QED) is 0.314. The standard InChI is InChI=1S/C33H37N3O4.CH5N/c37-22-26-17-18-27-19-20-28(32(39)35-30(24-12-6-2-7-13-24)25-14-8-3-9-15-25)36(27)33(40)31(26)34-29(38)21-16-23-10-4-1-5-11-23;1-2/h1-15,26-28,30-31,37H,16-22H2,(H,34,38)(H,35,39);2H2,1H3. The van der Waals surface area contributed by atoms with Crippen molar-refractivity contribution < 1.29 is 19.5 Å². The van der Waals surface area contributed by atoms with Crippen molar-refractivity contribution in [1.29, 1.82) is 0 Å². The Labute approximate surface area is 248 Å². The minimum atomic E-state index is -0.856. The lowest BCUT2D eigenvalue weighted by molar-refractivity contribution is -0.144. The average Bonchev–Trinajstić information content (AvgIpc) is 3.43. The Morgan fingerprint density at radius 2 is 1.40 bits per heavy atom. The lowest BCUT2D eigenvalue weighted by Crippen LogP contribution is -2.56. The Hall–Kier alpha value is -4.01. The van der Waals surface area contributed by atoms with Crippen LogP contribution in [0, 0.1) is 5.92 Å². The second-order valence-electron chi connectivity index (χ2n) is 10.8. The second-order valence-corrected chi connectivity index (χ2v) is 10.8. The number of benzene rings is 3. The first kappa shape index (κ1) is 30.9. The molecule has 8 heteroatoms. The molecule has 42 heavy (non-hydrogen) atoms. The highest BCUT2D eigenvalue weighted by molar-refractivity contribution is 5.93. The molecule has 8 nitrogen and oxygen atoms in total. The van der Waals surface area contributed by atoms with E-state index in [9.17, 15) is 19.5 Å². The Bertz CT molecular complexity index is 1250. The molecule has 4 atom stereocenters. The molecule has 0 bridgehead atoms. The summed E-state index contributed by atoms with van der Waals surface area (Å²) in [4.78, 5) is 42.4. The van der Waals surface area contributed by atoms with E-state index >= 15 is 0 Å². The molecule has 3 amide bonds. The first-order valence-corrected chi connectivity index (χ1v) is 14.8. The molecule has 0 aliphatic carbocycles. The van der Waals surface area contributed by atoms with Gasteiger partial charge in [0.1, 0.15) is 12.1 Å². The van der Waals surface area contributed by atoms with Crippen molar-refractivity contribution in [2.45, 2.75) is 62.7 Å². The van der Waals surface area contributed by atoms with Crippen LogP contribution in [-0.4, -0.2) is 59.5 Å². The van der Waals surface area contributed by atoms with Gasteiger partial charge in [-0.3, -0.25) is 14.4 Å². The summed E-state index contributed by atoms with van der Waals surface area (Å²) in [5.41, 5.74) is 7.47. The lowest BCUT2D eigenvalue weighted by atomic mass is 9.93. The Balaban J connectivity index is 0.00000198. The van der Waals surface area contributed by atoms with Crippen LogP contribution in [0.15, 0.2) is 91.0 Å². The van der Waals surface area contributed by atoms with Gasteiger partial charge in [-0.05, 0) is 55.8 Å². The van der Waals surface area contributed by atoms with Crippen LogP contribution in [0.25, 0.3) is 0 Å². The highest BCUT2D eigenvalue weighted by Crippen LogP contribution is 2.34. The van der Waals surface area contributed by atoms with Gasteiger partial charge in [0.25, 0.3) is 0 Å². The van der Waals surface area contributed by atoms with E-state index in [1.165, 1.54) is 7.05 Å². The number of amides is 3. The Morgan fingerprint density at radius 1 is 0.857 bits per heavy atom. The molecular formula is C34H42N4O4. The summed E-state index contributed by atoms with van der Waals surface area (Å²) in [5, 5.41) is 16.3. The summed E-state index contributed by atoms with van der Waals surface area (Å²) in [5.74, 6) is -1.09. The van der Waals surface area contributed by atoms with Crippen molar-refractivity contribution in [2.24, 2.45) is 11.7 Å². The van der Waals surface area contributed by atoms with Crippen LogP contribution < -0.4 is 16.4 Å². The van der Waals surface area contributed by atoms with E-state index in [0.29, 0.717) is 25.7 Å². The predicted molar refractivity (Wildman–Crippen MR) is 163 cm³/mol. The molecule has 0 spiro atoms. The van der Waals surface area contributed by atoms with E-state index in [-0.39, 0.29) is 48.8 Å². The van der Waals surface area contributed by atoms with Gasteiger partial charge in [0.2, 0.25) is 17.7 Å². The van der Waals surface area contributed by atoms with Crippen LogP contribution in [0.5, 0.6) is 0 Å². The number of nitrogens with zero attached hydrogens (tertiary/aromatic N) is 1. The van der Waals surface area contributed by atoms with Crippen molar-refractivity contribution in [1.82, 2.24) is 15.5 Å². The number of hydrogen-bond acceptors (Lipinski definition) is 5. The number of aliphatic hydroxyl groups is 1. The molecule has 2 saturated heterocycles. The fraction of sp³-hybridized carbons (Fsp3) is 0.382. The minimum absolute atomic E-state index is 0.0876. The van der Waals surface area contributed by atoms with Gasteiger partial charge in [-0.15, -0.1) is 0 Å². The van der Waals surface area contributed by atoms with E-state index in [1.807, 2.05) is 91.0 Å². The molecule has 2 fully saturated rings. The number of carbonyl (C=O) groups is 3. The number of rotatable bonds is 9. The summed E-state index contributed by atoms with van der Waals surface area (Å²) >= 11 is 0. The van der Waals surface area contributed by atoms with E-state index in [0.717, 1.165) is 23.1 Å². The topological polar surface area (TPSA) is 125 Å². The molecule has 0 radical (unpaired) electrons. The van der Waals surface area contributed by atoms with Crippen LogP contribution >= 0.6 is 0 Å². The maximum atomic E-state index is 14.0. The molecule has 3 aromatic rings. The van der Waals surface area contributed by atoms with Crippen LogP contribution in [0.2, 0.25) is 0 Å². The van der Waals surface area contributed by atoms with Crippen LogP contribution in [0.3, 0.4) is 0 Å². The van der Waals surface area contributed by atoms with Gasteiger partial charge in [0, 0.05) is 25.0 Å². The highest BCUT2D eigenvalue weighted by atomic mass is 16.3. The molecule has 3 aromatic carbocycles. The van der Waals surface area contributed by atoms with Gasteiger partial charge >= 0.3 is 0 Å². The summed E-state index contributed by atoms with van der Waals surface area (Å²) in [7, 11) is 1.50. The molecule has 222 valence electrons. The SMILES string of the molecule is CN.O=C(CCc1ccccc1)NC1C(=O)N2C(CCC1CO)CCC2C(=O)NC(c1ccccc1)c1ccccc1. The monoisotopic (exact) mass is 570 g/mol. The number of nitrogens with one attached hydrogen (secondary N) is 2. The van der Waals surface area contributed by atoms with Gasteiger partial charge in [0.05, 0.1) is 6.04 Å². The second kappa shape index (κ2) is 15.3. The highest BCUT2D eigenvalue weighted by Gasteiger charge is 2.47. The summed E-state index contributed by atoms with van der Waals surface area (Å²) in [6.45, 7) is -0.198. The molecule has 2 heterocycles. The molecule has 0 aromatic heterocycles. The normalized spacial score (nSPS) is 21.5. The molecule has 2 aliphatic heterocycles. The third-order valence-corrected chi connectivity index (χ3v) is 8.25. The Kier molecular flexibility index (Phi) is 11.3. The first-order chi connectivity index (χ1) is 20.5. The van der Waals surface area contributed by atoms with E-state index in [4.69, 9.17) is 0 Å². The largest absolute Gasteiger partial charge is 0.396 e. The van der Waals surface area contributed by atoms with Gasteiger partial charge in [-0.2, -0.15) is 0 Å². The zero-order valence-corrected chi connectivity index (χ0v) is 24.2. The molecule has 5 rings (SSSR count). The van der Waals surface area contributed by atoms with Crippen LogP contribution in [0.1, 0.15) is 54.8 Å². The summed E-state index contributed by atoms with van der Waals surface area (Å²) < 4.78 is 0. The molecular weight excluding hydrogens is 528 g/mol. The van der Waals surface area contributed by atoms with Crippen molar-refractivity contribution >= 4 is 17.7 Å². The van der Waals surface area contributed by atoms with Gasteiger partial charge in [0.15, 0.2) is 0 Å². The van der Waals surface area contributed by atoms with E-state index in [2.05, 4.69) is 16.4 Å². The first-order valence-electron chi connectivity index (χ1n) is 14.8. The van der Waals surface area contributed by atoms with E-state index < -0.39 is 12.1 Å². The lowest BCUT2D eigenvalue weighted by Gasteiger charge is -2.32. The summed E-state index contributed by atoms with van der Waals surface area (Å²) in [6, 6.07) is 27.4. The Morgan fingerprint density at radius 3 is 1.98 bits per heavy atom. The smallest absolute Gasteiger partial charge is 0.246 e. The molecule has 4 unspecified atom stereocenters. The summed E-state index contributed by atoms with van der Waals surface area (Å²) in [6.07, 6.45) is 3.40. The number of aliphatic hydroxyl groups excluding tert-OH is 1. The third kappa shape index (κ3) is 7.43. The van der Waals surface area contributed by atoms with Crippen molar-refractivity contribution in [3.63, 3.8) is 0 Å². The molecule has 5 N–H and O–H groups in total. The fourth-order valence-corrected chi connectivity index (χ4v) is 6.11. The zero-order valence-electron chi connectivity index (χ0n) is 24.2. The van der Waals surface area contributed by atoms with Crippen molar-refractivity contribution in [3.05, 3.63) is 108 Å². The minimum Gasteiger partial charge on any atom is -0.396 e. The maximum absolute atomic E-state index is 14.0. The number of fused-ring (bicyclic) bond motifs is 1. The number of aryl methyl sites for hydroxylation is 1. The number of nitrogens with two attached hydrogens (primary N) is 1. The number of hydrogen-bond donors (Lipinski definition) is 4. The third-order valence-electron chi connectivity index (χ3n) is 8.25. The maximum Gasteiger partial charge on any atom is 0.246 e. The van der Waals surface area contributed by atoms with Gasteiger partial charge < -0.3 is 26.4 Å².